The van der Waals surface area contributed by atoms with E-state index in [1.54, 1.807) is 0 Å². The summed E-state index contributed by atoms with van der Waals surface area (Å²) in [5.41, 5.74) is 2.51. The summed E-state index contributed by atoms with van der Waals surface area (Å²) >= 11 is 0. The topological polar surface area (TPSA) is 58.4 Å². The second-order valence-electron chi connectivity index (χ2n) is 2.41. The summed E-state index contributed by atoms with van der Waals surface area (Å²) in [6.07, 6.45) is 0. The third-order valence-electron chi connectivity index (χ3n) is 1.45. The van der Waals surface area contributed by atoms with Gasteiger partial charge in [-0.2, -0.15) is 0 Å². The molecule has 0 rings (SSSR count). The Kier molecular flexibility index (Phi) is 4.49. The van der Waals surface area contributed by atoms with E-state index >= 15 is 0 Å². The average molecular weight is 157 g/mol. The molecule has 3 N–H and O–H groups in total. The summed E-state index contributed by atoms with van der Waals surface area (Å²) in [7, 11) is 1.91. The molecule has 0 atom stereocenters. The van der Waals surface area contributed by atoms with E-state index in [1.807, 2.05) is 24.3 Å². The highest BCUT2D eigenvalue weighted by atomic mass is 16.2. The number of amides is 1. The van der Waals surface area contributed by atoms with E-state index in [-0.39, 0.29) is 5.91 Å². The van der Waals surface area contributed by atoms with Crippen LogP contribution >= 0.6 is 0 Å². The van der Waals surface area contributed by atoms with Gasteiger partial charge < -0.3 is 4.90 Å². The van der Waals surface area contributed by atoms with Crippen LogP contribution in [0.15, 0.2) is 12.2 Å². The average Bonchev–Trinajstić information content (AvgIpc) is 2.02. The molecule has 0 aliphatic carbocycles. The lowest BCUT2D eigenvalue weighted by atomic mass is 10.3. The molecule has 0 saturated heterocycles. The monoisotopic (exact) mass is 157 g/mol. The van der Waals surface area contributed by atoms with Crippen LogP contribution in [0.1, 0.15) is 6.92 Å². The van der Waals surface area contributed by atoms with Crippen molar-refractivity contribution in [2.24, 2.45) is 5.84 Å². The van der Waals surface area contributed by atoms with Gasteiger partial charge in [0.15, 0.2) is 0 Å². The molecule has 0 aliphatic rings. The van der Waals surface area contributed by atoms with Gasteiger partial charge in [0.05, 0.1) is 0 Å². The SMILES string of the molecule is C=C(CN(C)CC)C(=O)NN. The molecule has 1 amide bonds. The Morgan fingerprint density at radius 1 is 1.73 bits per heavy atom. The smallest absolute Gasteiger partial charge is 0.261 e. The van der Waals surface area contributed by atoms with E-state index in [9.17, 15) is 4.79 Å². The number of hydrogen-bond acceptors (Lipinski definition) is 3. The fraction of sp³-hybridized carbons (Fsp3) is 0.571. The molecular formula is C7H15N3O. The zero-order chi connectivity index (χ0) is 8.85. The van der Waals surface area contributed by atoms with Crippen molar-refractivity contribution in [3.8, 4) is 0 Å². The number of rotatable bonds is 4. The van der Waals surface area contributed by atoms with Gasteiger partial charge in [-0.05, 0) is 13.6 Å². The van der Waals surface area contributed by atoms with E-state index in [0.717, 1.165) is 6.54 Å². The molecule has 0 spiro atoms. The number of hydrazine groups is 1. The lowest BCUT2D eigenvalue weighted by Crippen LogP contribution is -2.34. The van der Waals surface area contributed by atoms with Crippen LogP contribution in [0.5, 0.6) is 0 Å². The van der Waals surface area contributed by atoms with E-state index in [4.69, 9.17) is 5.84 Å². The van der Waals surface area contributed by atoms with Gasteiger partial charge in [0.2, 0.25) is 0 Å². The minimum Gasteiger partial charge on any atom is -0.302 e. The van der Waals surface area contributed by atoms with Gasteiger partial charge in [-0.1, -0.05) is 13.5 Å². The van der Waals surface area contributed by atoms with Crippen LogP contribution in [0.25, 0.3) is 0 Å². The molecule has 4 heteroatoms. The molecule has 11 heavy (non-hydrogen) atoms. The molecule has 0 aliphatic heterocycles. The fourth-order valence-electron chi connectivity index (χ4n) is 0.611. The van der Waals surface area contributed by atoms with Gasteiger partial charge in [0, 0.05) is 12.1 Å². The molecule has 0 aromatic carbocycles. The highest BCUT2D eigenvalue weighted by molar-refractivity contribution is 5.92. The van der Waals surface area contributed by atoms with Crippen LogP contribution in [0.4, 0.5) is 0 Å². The number of nitrogens with two attached hydrogens (primary N) is 1. The van der Waals surface area contributed by atoms with E-state index in [1.165, 1.54) is 0 Å². The Morgan fingerprint density at radius 3 is 2.64 bits per heavy atom. The van der Waals surface area contributed by atoms with Gasteiger partial charge in [-0.25, -0.2) is 5.84 Å². The van der Waals surface area contributed by atoms with Crippen LogP contribution in [-0.2, 0) is 4.79 Å². The first-order chi connectivity index (χ1) is 5.11. The molecule has 0 aromatic rings. The molecule has 0 aromatic heterocycles. The number of nitrogens with zero attached hydrogens (tertiary/aromatic N) is 1. The Hall–Kier alpha value is -0.870. The maximum atomic E-state index is 10.8. The number of nitrogens with one attached hydrogen (secondary N) is 1. The molecule has 0 saturated carbocycles. The van der Waals surface area contributed by atoms with Crippen molar-refractivity contribution in [2.45, 2.75) is 6.92 Å². The quantitative estimate of drug-likeness (QED) is 0.250. The fourth-order valence-corrected chi connectivity index (χ4v) is 0.611. The standard InChI is InChI=1S/C7H15N3O/c1-4-10(3)5-6(2)7(11)9-8/h2,4-5,8H2,1,3H3,(H,9,11). The van der Waals surface area contributed by atoms with Crippen LogP contribution < -0.4 is 11.3 Å². The van der Waals surface area contributed by atoms with Crippen LogP contribution in [0.2, 0.25) is 0 Å². The first-order valence-electron chi connectivity index (χ1n) is 3.49. The molecule has 0 heterocycles. The summed E-state index contributed by atoms with van der Waals surface area (Å²) in [5, 5.41) is 0. The number of hydrogen-bond donors (Lipinski definition) is 2. The third-order valence-corrected chi connectivity index (χ3v) is 1.45. The molecule has 4 nitrogen and oxygen atoms in total. The summed E-state index contributed by atoms with van der Waals surface area (Å²) in [5.74, 6) is 4.61. The second-order valence-corrected chi connectivity index (χ2v) is 2.41. The van der Waals surface area contributed by atoms with Gasteiger partial charge in [-0.15, -0.1) is 0 Å². The maximum Gasteiger partial charge on any atom is 0.261 e. The van der Waals surface area contributed by atoms with E-state index < -0.39 is 0 Å². The summed E-state index contributed by atoms with van der Waals surface area (Å²) < 4.78 is 0. The van der Waals surface area contributed by atoms with Crippen molar-refractivity contribution >= 4 is 5.91 Å². The van der Waals surface area contributed by atoms with E-state index in [0.29, 0.717) is 12.1 Å². The van der Waals surface area contributed by atoms with Crippen LogP contribution in [0, 0.1) is 0 Å². The van der Waals surface area contributed by atoms with Crippen molar-refractivity contribution in [3.05, 3.63) is 12.2 Å². The molecule has 64 valence electrons. The Balaban J connectivity index is 3.77. The van der Waals surface area contributed by atoms with Crippen LogP contribution in [-0.4, -0.2) is 30.9 Å². The van der Waals surface area contributed by atoms with Crippen molar-refractivity contribution in [1.29, 1.82) is 0 Å². The Morgan fingerprint density at radius 2 is 2.27 bits per heavy atom. The zero-order valence-electron chi connectivity index (χ0n) is 7.05. The molecule has 0 radical (unpaired) electrons. The summed E-state index contributed by atoms with van der Waals surface area (Å²) in [6, 6.07) is 0. The Bertz CT molecular complexity index is 156. The van der Waals surface area contributed by atoms with Gasteiger partial charge >= 0.3 is 0 Å². The van der Waals surface area contributed by atoms with Crippen molar-refractivity contribution in [3.63, 3.8) is 0 Å². The van der Waals surface area contributed by atoms with Gasteiger partial charge in [0.1, 0.15) is 0 Å². The Labute approximate surface area is 67.0 Å². The highest BCUT2D eigenvalue weighted by Gasteiger charge is 2.05. The first-order valence-corrected chi connectivity index (χ1v) is 3.49. The summed E-state index contributed by atoms with van der Waals surface area (Å²) in [4.78, 5) is 12.8. The minimum atomic E-state index is -0.301. The van der Waals surface area contributed by atoms with Gasteiger partial charge in [0.25, 0.3) is 5.91 Å². The van der Waals surface area contributed by atoms with E-state index in [2.05, 4.69) is 6.58 Å². The first kappa shape index (κ1) is 10.1. The molecule has 0 bridgehead atoms. The lowest BCUT2D eigenvalue weighted by Gasteiger charge is -2.13. The normalized spacial score (nSPS) is 9.82. The zero-order valence-corrected chi connectivity index (χ0v) is 7.05. The molecule has 0 fully saturated rings. The number of carbonyl (C=O) groups is 1. The minimum absolute atomic E-state index is 0.301. The lowest BCUT2D eigenvalue weighted by molar-refractivity contribution is -0.117. The largest absolute Gasteiger partial charge is 0.302 e. The molecule has 0 unspecified atom stereocenters. The number of likely N-dealkylation sites (N-methyl/N-ethyl adjacent to an activating group) is 1. The van der Waals surface area contributed by atoms with Crippen LogP contribution in [0.3, 0.4) is 0 Å². The number of carbonyl (C=O) groups excluding carboxylic acids is 1. The summed E-state index contributed by atoms with van der Waals surface area (Å²) in [6.45, 7) is 7.03. The second kappa shape index (κ2) is 4.87. The predicted octanol–water partition coefficient (Wildman–Crippen LogP) is -0.516. The van der Waals surface area contributed by atoms with Crippen molar-refractivity contribution in [2.75, 3.05) is 20.1 Å². The third kappa shape index (κ3) is 3.75. The van der Waals surface area contributed by atoms with Gasteiger partial charge in [-0.3, -0.25) is 10.2 Å². The molecular weight excluding hydrogens is 142 g/mol. The maximum absolute atomic E-state index is 10.8. The van der Waals surface area contributed by atoms with Crippen molar-refractivity contribution in [1.82, 2.24) is 10.3 Å². The highest BCUT2D eigenvalue weighted by Crippen LogP contribution is 1.92. The van der Waals surface area contributed by atoms with Crippen molar-refractivity contribution < 1.29 is 4.79 Å². The predicted molar refractivity (Wildman–Crippen MR) is 44.6 cm³/mol.